The number of carboxylic acids is 1. The van der Waals surface area contributed by atoms with Crippen molar-refractivity contribution in [3.05, 3.63) is 18.0 Å². The predicted octanol–water partition coefficient (Wildman–Crippen LogP) is 1.28. The maximum atomic E-state index is 13.7. The first-order chi connectivity index (χ1) is 13.1. The fraction of sp³-hybridized carbons (Fsp3) is 0.625. The van der Waals surface area contributed by atoms with Gasteiger partial charge in [0.15, 0.2) is 0 Å². The van der Waals surface area contributed by atoms with Crippen LogP contribution in [0, 0.1) is 0 Å². The zero-order chi connectivity index (χ0) is 20.9. The van der Waals surface area contributed by atoms with Gasteiger partial charge in [-0.15, -0.1) is 0 Å². The molecular weight excluding hydrogens is 388 g/mol. The van der Waals surface area contributed by atoms with E-state index in [2.05, 4.69) is 15.3 Å². The van der Waals surface area contributed by atoms with E-state index in [0.29, 0.717) is 11.9 Å². The Morgan fingerprint density at radius 2 is 2.04 bits per heavy atom. The van der Waals surface area contributed by atoms with Crippen LogP contribution in [0.4, 0.5) is 23.5 Å². The van der Waals surface area contributed by atoms with Gasteiger partial charge in [-0.25, -0.2) is 23.9 Å². The minimum atomic E-state index is -5.08. The molecule has 2 atom stereocenters. The maximum Gasteiger partial charge on any atom is 0.490 e. The fourth-order valence-corrected chi connectivity index (χ4v) is 2.69. The summed E-state index contributed by atoms with van der Waals surface area (Å²) in [5.41, 5.74) is 0.934. The molecule has 0 unspecified atom stereocenters. The summed E-state index contributed by atoms with van der Waals surface area (Å²) in [5.74, 6) is -2.38. The molecule has 0 aliphatic carbocycles. The highest BCUT2D eigenvalue weighted by molar-refractivity contribution is 5.80. The van der Waals surface area contributed by atoms with E-state index in [1.54, 1.807) is 18.0 Å². The number of alkyl halides is 4. The van der Waals surface area contributed by atoms with E-state index in [4.69, 9.17) is 14.6 Å². The molecule has 2 fully saturated rings. The minimum absolute atomic E-state index is 0.135. The number of hydrogen-bond donors (Lipinski definition) is 2. The van der Waals surface area contributed by atoms with Crippen LogP contribution in [-0.2, 0) is 14.3 Å². The number of ether oxygens (including phenoxy) is 1. The monoisotopic (exact) mass is 408 g/mol. The lowest BCUT2D eigenvalue weighted by Gasteiger charge is -2.28. The van der Waals surface area contributed by atoms with Crippen molar-refractivity contribution in [1.82, 2.24) is 15.3 Å². The van der Waals surface area contributed by atoms with Gasteiger partial charge < -0.3 is 20.1 Å². The molecule has 2 aliphatic rings. The number of nitrogens with one attached hydrogen (secondary N) is 1. The summed E-state index contributed by atoms with van der Waals surface area (Å²) in [4.78, 5) is 31.2. The summed E-state index contributed by atoms with van der Waals surface area (Å²) in [7, 11) is 0. The number of nitrogens with zero attached hydrogens (tertiary/aromatic N) is 3. The summed E-state index contributed by atoms with van der Waals surface area (Å²) < 4.78 is 50.5. The number of aromatic nitrogens is 2. The minimum Gasteiger partial charge on any atom is -0.475 e. The molecule has 0 amide bonds. The van der Waals surface area contributed by atoms with Crippen LogP contribution in [0.5, 0.6) is 0 Å². The number of rotatable bonds is 4. The summed E-state index contributed by atoms with van der Waals surface area (Å²) in [6.07, 6.45) is -4.33. The number of halogens is 4. The molecule has 1 aromatic rings. The number of carboxylic acid groups (broad SMARTS) is 1. The molecule has 28 heavy (non-hydrogen) atoms. The quantitative estimate of drug-likeness (QED) is 0.567. The van der Waals surface area contributed by atoms with Gasteiger partial charge in [0.2, 0.25) is 5.95 Å². The van der Waals surface area contributed by atoms with Crippen LogP contribution in [0.3, 0.4) is 0 Å². The number of hydrogen-bond acceptors (Lipinski definition) is 7. The lowest BCUT2D eigenvalue weighted by molar-refractivity contribution is -0.192. The van der Waals surface area contributed by atoms with E-state index in [1.165, 1.54) is 0 Å². The number of anilines is 1. The molecule has 3 heterocycles. The Bertz CT molecular complexity index is 699. The molecule has 0 spiro atoms. The topological polar surface area (TPSA) is 105 Å². The number of aliphatic carboxylic acids is 1. The smallest absolute Gasteiger partial charge is 0.475 e. The van der Waals surface area contributed by atoms with Crippen molar-refractivity contribution in [3.63, 3.8) is 0 Å². The third-order valence-corrected chi connectivity index (χ3v) is 4.17. The van der Waals surface area contributed by atoms with E-state index in [1.807, 2.05) is 6.07 Å². The molecule has 1 aromatic heterocycles. The second-order valence-corrected chi connectivity index (χ2v) is 6.19. The summed E-state index contributed by atoms with van der Waals surface area (Å²) in [5, 5.41) is 10.3. The Hall–Kier alpha value is -2.50. The van der Waals surface area contributed by atoms with E-state index >= 15 is 0 Å². The molecule has 2 aliphatic heterocycles. The van der Waals surface area contributed by atoms with Crippen LogP contribution in [0.1, 0.15) is 25.0 Å². The van der Waals surface area contributed by atoms with E-state index in [-0.39, 0.29) is 19.6 Å². The predicted molar refractivity (Wildman–Crippen MR) is 88.6 cm³/mol. The zero-order valence-corrected chi connectivity index (χ0v) is 14.9. The summed E-state index contributed by atoms with van der Waals surface area (Å²) in [6.45, 7) is 3.95. The molecule has 12 heteroatoms. The van der Waals surface area contributed by atoms with Gasteiger partial charge in [-0.05, 0) is 13.0 Å². The molecule has 0 radical (unpaired) electrons. The van der Waals surface area contributed by atoms with Crippen LogP contribution in [0.25, 0.3) is 0 Å². The summed E-state index contributed by atoms with van der Waals surface area (Å²) >= 11 is 0. The van der Waals surface area contributed by atoms with Crippen molar-refractivity contribution in [1.29, 1.82) is 0 Å². The highest BCUT2D eigenvalue weighted by Gasteiger charge is 2.40. The van der Waals surface area contributed by atoms with Gasteiger partial charge in [0, 0.05) is 31.6 Å². The largest absolute Gasteiger partial charge is 0.490 e. The van der Waals surface area contributed by atoms with Crippen molar-refractivity contribution in [2.45, 2.75) is 37.7 Å². The molecule has 3 rings (SSSR count). The van der Waals surface area contributed by atoms with Crippen LogP contribution in [-0.4, -0.2) is 71.6 Å². The Kier molecular flexibility index (Phi) is 7.11. The first kappa shape index (κ1) is 21.8. The molecule has 2 N–H and O–H groups in total. The molecule has 156 valence electrons. The fourth-order valence-electron chi connectivity index (χ4n) is 2.69. The van der Waals surface area contributed by atoms with Crippen molar-refractivity contribution in [3.8, 4) is 0 Å². The van der Waals surface area contributed by atoms with Gasteiger partial charge in [-0.3, -0.25) is 0 Å². The third kappa shape index (κ3) is 5.50. The van der Waals surface area contributed by atoms with Gasteiger partial charge in [-0.2, -0.15) is 13.2 Å². The van der Waals surface area contributed by atoms with Gasteiger partial charge >= 0.3 is 18.1 Å². The average Bonchev–Trinajstić information content (AvgIpc) is 2.95. The molecule has 2 saturated heterocycles. The van der Waals surface area contributed by atoms with Crippen molar-refractivity contribution in [2.24, 2.45) is 0 Å². The number of esters is 1. The van der Waals surface area contributed by atoms with Gasteiger partial charge in [0.25, 0.3) is 0 Å². The second kappa shape index (κ2) is 9.13. The van der Waals surface area contributed by atoms with Crippen LogP contribution in [0.2, 0.25) is 0 Å². The van der Waals surface area contributed by atoms with Crippen molar-refractivity contribution >= 4 is 17.9 Å². The Balaban J connectivity index is 0.000000345. The number of carbonyl (C=O) groups is 2. The van der Waals surface area contributed by atoms with Gasteiger partial charge in [0.05, 0.1) is 18.8 Å². The lowest BCUT2D eigenvalue weighted by Crippen LogP contribution is -2.41. The van der Waals surface area contributed by atoms with Gasteiger partial charge in [0.1, 0.15) is 12.2 Å². The Labute approximate surface area is 157 Å². The SMILES string of the molecule is CCOC(=O)[C@@H]1C[C@H](F)CN1c1nccc(C2CNC2)n1.O=C(O)C(F)(F)F. The first-order valence-corrected chi connectivity index (χ1v) is 8.54. The second-order valence-electron chi connectivity index (χ2n) is 6.19. The summed E-state index contributed by atoms with van der Waals surface area (Å²) in [6, 6.07) is 1.24. The molecule has 0 saturated carbocycles. The van der Waals surface area contributed by atoms with Gasteiger partial charge in [-0.1, -0.05) is 0 Å². The van der Waals surface area contributed by atoms with E-state index in [0.717, 1.165) is 18.8 Å². The molecule has 0 aromatic carbocycles. The normalized spacial score (nSPS) is 22.1. The van der Waals surface area contributed by atoms with E-state index in [9.17, 15) is 22.4 Å². The zero-order valence-electron chi connectivity index (χ0n) is 14.9. The Morgan fingerprint density at radius 3 is 2.54 bits per heavy atom. The van der Waals surface area contributed by atoms with Crippen LogP contribution >= 0.6 is 0 Å². The first-order valence-electron chi connectivity index (χ1n) is 8.54. The van der Waals surface area contributed by atoms with Crippen LogP contribution < -0.4 is 10.2 Å². The highest BCUT2D eigenvalue weighted by Crippen LogP contribution is 2.27. The average molecular weight is 408 g/mol. The Morgan fingerprint density at radius 1 is 1.39 bits per heavy atom. The molecular formula is C16H20F4N4O4. The standard InChI is InChI=1S/C14H19FN4O2.C2HF3O2/c1-2-21-13(20)12-5-10(15)8-19(12)14-17-4-3-11(18-14)9-6-16-7-9;3-2(4,5)1(6)7/h3-4,9-10,12,16H,2,5-8H2,1H3;(H,6,7)/t10-,12-;/m0./s1. The van der Waals surface area contributed by atoms with Crippen molar-refractivity contribution < 1.29 is 37.0 Å². The lowest BCUT2D eigenvalue weighted by atomic mass is 9.99. The molecule has 0 bridgehead atoms. The van der Waals surface area contributed by atoms with Crippen molar-refractivity contribution in [2.75, 3.05) is 31.1 Å². The van der Waals surface area contributed by atoms with E-state index < -0.39 is 30.3 Å². The molecule has 8 nitrogen and oxygen atoms in total. The van der Waals surface area contributed by atoms with Crippen LogP contribution in [0.15, 0.2) is 12.3 Å². The maximum absolute atomic E-state index is 13.7. The highest BCUT2D eigenvalue weighted by atomic mass is 19.4. The third-order valence-electron chi connectivity index (χ3n) is 4.17. The number of carbonyl (C=O) groups excluding carboxylic acids is 1.